The topological polar surface area (TPSA) is 49.4 Å². The Hall–Kier alpha value is -2.05. The van der Waals surface area contributed by atoms with Crippen LogP contribution in [0.5, 0.6) is 0 Å². The van der Waals surface area contributed by atoms with E-state index in [0.717, 1.165) is 23.8 Å². The molecule has 0 atom stereocenters. The second kappa shape index (κ2) is 5.79. The van der Waals surface area contributed by atoms with E-state index in [2.05, 4.69) is 12.2 Å². The molecule has 4 nitrogen and oxygen atoms in total. The summed E-state index contributed by atoms with van der Waals surface area (Å²) in [5.41, 5.74) is -1.82. The van der Waals surface area contributed by atoms with Gasteiger partial charge in [0, 0.05) is 0 Å². The molecule has 1 spiro atoms. The van der Waals surface area contributed by atoms with Crippen LogP contribution in [0.15, 0.2) is 24.3 Å². The number of nitrogens with one attached hydrogen (secondary N) is 1. The van der Waals surface area contributed by atoms with E-state index >= 15 is 0 Å². The van der Waals surface area contributed by atoms with E-state index < -0.39 is 29.2 Å². The molecule has 1 N–H and O–H groups in total. The SMILES string of the molecule is CC1CCC2(CC1)NC(=O)N(Cc1ccccc1C(F)(F)F)C2=O. The van der Waals surface area contributed by atoms with Gasteiger partial charge in [0.05, 0.1) is 12.1 Å². The van der Waals surface area contributed by atoms with Crippen LogP contribution in [0.25, 0.3) is 0 Å². The van der Waals surface area contributed by atoms with Crippen molar-refractivity contribution in [3.8, 4) is 0 Å². The highest BCUT2D eigenvalue weighted by Gasteiger charge is 2.52. The number of amides is 3. The molecular formula is C17H19F3N2O2. The molecule has 0 radical (unpaired) electrons. The third-order valence-electron chi connectivity index (χ3n) is 5.02. The highest BCUT2D eigenvalue weighted by molar-refractivity contribution is 6.07. The van der Waals surface area contributed by atoms with E-state index in [0.29, 0.717) is 18.8 Å². The van der Waals surface area contributed by atoms with Gasteiger partial charge in [0.25, 0.3) is 5.91 Å². The van der Waals surface area contributed by atoms with Crippen molar-refractivity contribution in [3.63, 3.8) is 0 Å². The normalized spacial score (nSPS) is 27.7. The summed E-state index contributed by atoms with van der Waals surface area (Å²) in [5, 5.41) is 2.72. The lowest BCUT2D eigenvalue weighted by Gasteiger charge is -2.33. The summed E-state index contributed by atoms with van der Waals surface area (Å²) in [6.07, 6.45) is -1.81. The monoisotopic (exact) mass is 340 g/mol. The Balaban J connectivity index is 1.84. The lowest BCUT2D eigenvalue weighted by Crippen LogP contribution is -2.49. The molecule has 1 aromatic carbocycles. The molecule has 1 heterocycles. The van der Waals surface area contributed by atoms with E-state index in [4.69, 9.17) is 0 Å². The Kier molecular flexibility index (Phi) is 4.05. The van der Waals surface area contributed by atoms with Crippen molar-refractivity contribution in [2.24, 2.45) is 5.92 Å². The number of hydrogen-bond donors (Lipinski definition) is 1. The summed E-state index contributed by atoms with van der Waals surface area (Å²) in [7, 11) is 0. The van der Waals surface area contributed by atoms with Crippen molar-refractivity contribution >= 4 is 11.9 Å². The van der Waals surface area contributed by atoms with E-state index in [1.807, 2.05) is 0 Å². The van der Waals surface area contributed by atoms with Gasteiger partial charge in [-0.15, -0.1) is 0 Å². The quantitative estimate of drug-likeness (QED) is 0.835. The molecular weight excluding hydrogens is 321 g/mol. The Morgan fingerprint density at radius 1 is 1.21 bits per heavy atom. The van der Waals surface area contributed by atoms with Gasteiger partial charge in [-0.1, -0.05) is 25.1 Å². The van der Waals surface area contributed by atoms with Crippen LogP contribution < -0.4 is 5.32 Å². The molecule has 1 aromatic rings. The zero-order valence-electron chi connectivity index (χ0n) is 13.3. The van der Waals surface area contributed by atoms with Crippen LogP contribution in [-0.4, -0.2) is 22.4 Å². The smallest absolute Gasteiger partial charge is 0.323 e. The number of carbonyl (C=O) groups excluding carboxylic acids is 2. The van der Waals surface area contributed by atoms with Crippen LogP contribution in [0.1, 0.15) is 43.7 Å². The summed E-state index contributed by atoms with van der Waals surface area (Å²) in [6.45, 7) is 1.73. The van der Waals surface area contributed by atoms with E-state index in [1.165, 1.54) is 18.2 Å². The minimum absolute atomic E-state index is 0.0743. The van der Waals surface area contributed by atoms with Crippen molar-refractivity contribution in [2.45, 2.75) is 50.9 Å². The molecule has 1 saturated carbocycles. The number of halogens is 3. The van der Waals surface area contributed by atoms with Crippen LogP contribution in [0.2, 0.25) is 0 Å². The zero-order chi connectivity index (χ0) is 17.5. The van der Waals surface area contributed by atoms with Crippen LogP contribution in [0.4, 0.5) is 18.0 Å². The minimum atomic E-state index is -4.52. The summed E-state index contributed by atoms with van der Waals surface area (Å²) in [6, 6.07) is 4.43. The molecule has 24 heavy (non-hydrogen) atoms. The number of imide groups is 1. The van der Waals surface area contributed by atoms with E-state index in [1.54, 1.807) is 0 Å². The number of carbonyl (C=O) groups is 2. The summed E-state index contributed by atoms with van der Waals surface area (Å²) < 4.78 is 39.3. The first-order valence-electron chi connectivity index (χ1n) is 8.02. The number of alkyl halides is 3. The van der Waals surface area contributed by atoms with Crippen molar-refractivity contribution in [1.29, 1.82) is 0 Å². The number of nitrogens with zero attached hydrogens (tertiary/aromatic N) is 1. The fraction of sp³-hybridized carbons (Fsp3) is 0.529. The van der Waals surface area contributed by atoms with Crippen LogP contribution in [0.3, 0.4) is 0 Å². The van der Waals surface area contributed by atoms with Gasteiger partial charge in [-0.05, 0) is 43.2 Å². The lowest BCUT2D eigenvalue weighted by molar-refractivity contribution is -0.139. The van der Waals surface area contributed by atoms with Crippen molar-refractivity contribution < 1.29 is 22.8 Å². The Morgan fingerprint density at radius 3 is 2.46 bits per heavy atom. The van der Waals surface area contributed by atoms with Crippen molar-refractivity contribution in [2.75, 3.05) is 0 Å². The standard InChI is InChI=1S/C17H19F3N2O2/c1-11-6-8-16(9-7-11)14(23)22(15(24)21-16)10-12-4-2-3-5-13(12)17(18,19)20/h2-5,11H,6-10H2,1H3,(H,21,24). The summed E-state index contributed by atoms with van der Waals surface area (Å²) in [4.78, 5) is 25.9. The van der Waals surface area contributed by atoms with Crippen LogP contribution in [0, 0.1) is 5.92 Å². The first-order chi connectivity index (χ1) is 11.2. The van der Waals surface area contributed by atoms with Crippen molar-refractivity contribution in [3.05, 3.63) is 35.4 Å². The molecule has 0 unspecified atom stereocenters. The van der Waals surface area contributed by atoms with Crippen LogP contribution >= 0.6 is 0 Å². The molecule has 7 heteroatoms. The molecule has 3 rings (SSSR count). The first-order valence-corrected chi connectivity index (χ1v) is 8.02. The predicted octanol–water partition coefficient (Wildman–Crippen LogP) is 3.71. The maximum Gasteiger partial charge on any atom is 0.416 e. The van der Waals surface area contributed by atoms with Gasteiger partial charge in [-0.25, -0.2) is 4.79 Å². The van der Waals surface area contributed by atoms with Gasteiger partial charge < -0.3 is 5.32 Å². The first kappa shape index (κ1) is 16.8. The maximum absolute atomic E-state index is 13.1. The number of rotatable bonds is 2. The van der Waals surface area contributed by atoms with Gasteiger partial charge >= 0.3 is 12.2 Å². The highest BCUT2D eigenvalue weighted by atomic mass is 19.4. The Labute approximate surface area is 138 Å². The summed E-state index contributed by atoms with van der Waals surface area (Å²) >= 11 is 0. The molecule has 1 aliphatic heterocycles. The molecule has 1 saturated heterocycles. The third kappa shape index (κ3) is 2.87. The Bertz CT molecular complexity index is 664. The molecule has 130 valence electrons. The molecule has 0 aromatic heterocycles. The predicted molar refractivity (Wildman–Crippen MR) is 80.9 cm³/mol. The second-order valence-electron chi connectivity index (χ2n) is 6.74. The lowest BCUT2D eigenvalue weighted by atomic mass is 9.77. The Morgan fingerprint density at radius 2 is 1.83 bits per heavy atom. The molecule has 2 fully saturated rings. The number of hydrogen-bond acceptors (Lipinski definition) is 2. The van der Waals surface area contributed by atoms with Gasteiger partial charge in [-0.3, -0.25) is 9.69 Å². The third-order valence-corrected chi connectivity index (χ3v) is 5.02. The largest absolute Gasteiger partial charge is 0.416 e. The molecule has 1 aliphatic carbocycles. The fourth-order valence-corrected chi connectivity index (χ4v) is 3.52. The van der Waals surface area contributed by atoms with Crippen LogP contribution in [-0.2, 0) is 17.5 Å². The van der Waals surface area contributed by atoms with E-state index in [-0.39, 0.29) is 12.1 Å². The molecule has 2 aliphatic rings. The molecule has 0 bridgehead atoms. The highest BCUT2D eigenvalue weighted by Crippen LogP contribution is 2.38. The zero-order valence-corrected chi connectivity index (χ0v) is 13.3. The van der Waals surface area contributed by atoms with E-state index in [9.17, 15) is 22.8 Å². The molecule has 3 amide bonds. The minimum Gasteiger partial charge on any atom is -0.323 e. The van der Waals surface area contributed by atoms with Gasteiger partial charge in [0.1, 0.15) is 5.54 Å². The number of benzene rings is 1. The van der Waals surface area contributed by atoms with Gasteiger partial charge in [0.15, 0.2) is 0 Å². The van der Waals surface area contributed by atoms with Gasteiger partial charge in [0.2, 0.25) is 0 Å². The van der Waals surface area contributed by atoms with Crippen molar-refractivity contribution in [1.82, 2.24) is 10.2 Å². The average molecular weight is 340 g/mol. The second-order valence-corrected chi connectivity index (χ2v) is 6.74. The summed E-state index contributed by atoms with van der Waals surface area (Å²) in [5.74, 6) is 0.0803. The van der Waals surface area contributed by atoms with Gasteiger partial charge in [-0.2, -0.15) is 13.2 Å². The maximum atomic E-state index is 13.1. The number of urea groups is 1. The average Bonchev–Trinajstić information content (AvgIpc) is 2.74. The fourth-order valence-electron chi connectivity index (χ4n) is 3.52.